The molecule has 296 valence electrons. The summed E-state index contributed by atoms with van der Waals surface area (Å²) in [5, 5.41) is 19.6. The molecule has 0 bridgehead atoms. The Morgan fingerprint density at radius 1 is 0.283 bits per heavy atom. The lowest BCUT2D eigenvalue weighted by molar-refractivity contribution is 1.06. The summed E-state index contributed by atoms with van der Waals surface area (Å²) in [7, 11) is 0. The van der Waals surface area contributed by atoms with E-state index in [0.717, 1.165) is 64.8 Å². The van der Waals surface area contributed by atoms with Crippen molar-refractivity contribution in [1.29, 1.82) is 0 Å². The van der Waals surface area contributed by atoms with E-state index in [4.69, 9.17) is 0 Å². The summed E-state index contributed by atoms with van der Waals surface area (Å²) in [5.74, 6) is 2.08. The van der Waals surface area contributed by atoms with E-state index in [1.165, 1.54) is 0 Å². The van der Waals surface area contributed by atoms with Crippen LogP contribution in [0.5, 0.6) is 0 Å². The predicted octanol–water partition coefficient (Wildman–Crippen LogP) is 11.8. The zero-order chi connectivity index (χ0) is 41.3. The second kappa shape index (κ2) is 18.9. The van der Waals surface area contributed by atoms with Crippen LogP contribution in [-0.2, 0) is 0 Å². The predicted molar refractivity (Wildman–Crippen MR) is 256 cm³/mol. The lowest BCUT2D eigenvalue weighted by atomic mass is 10.1. The first-order valence-corrected chi connectivity index (χ1v) is 20.2. The van der Waals surface area contributed by atoms with Gasteiger partial charge >= 0.3 is 0 Å². The highest BCUT2D eigenvalue weighted by Crippen LogP contribution is 2.29. The summed E-state index contributed by atoms with van der Waals surface area (Å²) in [5.41, 5.74) is 6.68. The Morgan fingerprint density at radius 2 is 0.517 bits per heavy atom. The third-order valence-corrected chi connectivity index (χ3v) is 10.2. The zero-order valence-corrected chi connectivity index (χ0v) is 35.1. The van der Waals surface area contributed by atoms with Crippen LogP contribution in [0.3, 0.4) is 0 Å². The number of thiol groups is 4. The molecule has 6 aromatic carbocycles. The van der Waals surface area contributed by atoms with Gasteiger partial charge in [-0.3, -0.25) is 0 Å². The number of nitrogens with one attached hydrogen (secondary N) is 6. The minimum absolute atomic E-state index is 0.344. The second-order valence-electron chi connectivity index (χ2n) is 13.0. The van der Waals surface area contributed by atoms with E-state index in [0.29, 0.717) is 35.7 Å². The van der Waals surface area contributed by atoms with Gasteiger partial charge in [0.05, 0.1) is 22.7 Å². The maximum atomic E-state index is 4.63. The van der Waals surface area contributed by atoms with E-state index < -0.39 is 0 Å². The maximum Gasteiger partial charge on any atom is 0.233 e. The van der Waals surface area contributed by atoms with Crippen molar-refractivity contribution in [1.82, 2.24) is 29.9 Å². The molecule has 8 aromatic rings. The molecule has 0 unspecified atom stereocenters. The van der Waals surface area contributed by atoms with Gasteiger partial charge in [0, 0.05) is 31.0 Å². The molecule has 6 N–H and O–H groups in total. The molecule has 2 heterocycles. The zero-order valence-electron chi connectivity index (χ0n) is 31.5. The van der Waals surface area contributed by atoms with E-state index in [1.54, 1.807) is 0 Å². The number of hydrogen-bond acceptors (Lipinski definition) is 16. The lowest BCUT2D eigenvalue weighted by Gasteiger charge is -2.13. The van der Waals surface area contributed by atoms with Crippen molar-refractivity contribution in [2.24, 2.45) is 0 Å². The highest BCUT2D eigenvalue weighted by Gasteiger charge is 2.12. The number of benzene rings is 6. The van der Waals surface area contributed by atoms with Gasteiger partial charge < -0.3 is 31.9 Å². The van der Waals surface area contributed by atoms with E-state index in [9.17, 15) is 0 Å². The topological polar surface area (TPSA) is 150 Å². The van der Waals surface area contributed by atoms with E-state index in [2.05, 4.69) is 112 Å². The number of rotatable bonds is 14. The molecule has 60 heavy (non-hydrogen) atoms. The quantitative estimate of drug-likeness (QED) is 0.0375. The number of aromatic nitrogens is 6. The van der Waals surface area contributed by atoms with Crippen LogP contribution in [-0.4, -0.2) is 29.9 Å². The molecule has 0 amide bonds. The van der Waals surface area contributed by atoms with Crippen LogP contribution in [0.25, 0.3) is 12.2 Å². The van der Waals surface area contributed by atoms with Crippen LogP contribution in [0, 0.1) is 0 Å². The maximum absolute atomic E-state index is 4.63. The van der Waals surface area contributed by atoms with Crippen LogP contribution in [0.15, 0.2) is 165 Å². The minimum atomic E-state index is 0.344. The monoisotopic (exact) mass is 860 g/mol. The van der Waals surface area contributed by atoms with E-state index >= 15 is 0 Å². The fraction of sp³-hybridized carbons (Fsp3) is 0. The van der Waals surface area contributed by atoms with Crippen molar-refractivity contribution < 1.29 is 0 Å². The Labute approximate surface area is 368 Å². The van der Waals surface area contributed by atoms with Gasteiger partial charge in [-0.25, -0.2) is 0 Å². The van der Waals surface area contributed by atoms with Gasteiger partial charge in [0.25, 0.3) is 0 Å². The van der Waals surface area contributed by atoms with Crippen molar-refractivity contribution in [3.8, 4) is 0 Å². The van der Waals surface area contributed by atoms with Crippen molar-refractivity contribution in [2.75, 3.05) is 31.9 Å². The molecular weight excluding hydrogens is 825 g/mol. The molecule has 0 fully saturated rings. The molecule has 0 radical (unpaired) electrons. The number of anilines is 12. The summed E-state index contributed by atoms with van der Waals surface area (Å²) >= 11 is 18.3. The van der Waals surface area contributed by atoms with E-state index in [-0.39, 0.29) is 0 Å². The molecule has 0 atom stereocenters. The minimum Gasteiger partial charge on any atom is -0.324 e. The fourth-order valence-electron chi connectivity index (χ4n) is 5.69. The van der Waals surface area contributed by atoms with Gasteiger partial charge in [-0.15, -0.1) is 50.5 Å². The van der Waals surface area contributed by atoms with Gasteiger partial charge in [0.15, 0.2) is 0 Å². The SMILES string of the molecule is Sc1ccccc1Nc1nc(Nc2ccc(/C=C/c3ccc(Nc4nc(Nc5ccccc5S)nc(Nc5ccccc5S)n4)cc3)cc2)nc(Nc2ccccc2S)n1. The standard InChI is InChI=1S/C44H36N12S4/c57-35-13-5-1-9-31(35)47-41-51-39(52-42(55-41)48-32-10-2-6-14-36(32)58)45-29-23-19-27(20-24-29)17-18-28-21-25-30(26-22-28)46-40-53-43(49-33-11-3-7-15-37(33)59)56-44(54-40)50-34-12-4-8-16-38(34)60/h1-26,57-60H,(H3,45,47,48,51,52,55)(H3,46,49,50,53,54,56)/b18-17+. The number of para-hydroxylation sites is 4. The average Bonchev–Trinajstić information content (AvgIpc) is 3.24. The Morgan fingerprint density at radius 3 is 0.767 bits per heavy atom. The second-order valence-corrected chi connectivity index (χ2v) is 14.9. The Hall–Kier alpha value is -6.72. The van der Waals surface area contributed by atoms with Crippen LogP contribution in [0.1, 0.15) is 11.1 Å². The Bertz CT molecular complexity index is 2470. The van der Waals surface area contributed by atoms with Crippen LogP contribution in [0.4, 0.5) is 69.8 Å². The van der Waals surface area contributed by atoms with Crippen molar-refractivity contribution in [2.45, 2.75) is 19.6 Å². The van der Waals surface area contributed by atoms with Crippen LogP contribution < -0.4 is 31.9 Å². The molecule has 12 nitrogen and oxygen atoms in total. The molecular formula is C44H36N12S4. The van der Waals surface area contributed by atoms with Crippen molar-refractivity contribution >= 4 is 132 Å². The lowest BCUT2D eigenvalue weighted by Crippen LogP contribution is -2.07. The smallest absolute Gasteiger partial charge is 0.233 e. The summed E-state index contributed by atoms with van der Waals surface area (Å²) < 4.78 is 0. The van der Waals surface area contributed by atoms with Gasteiger partial charge in [-0.1, -0.05) is 84.9 Å². The third kappa shape index (κ3) is 10.7. The molecule has 0 aliphatic carbocycles. The fourth-order valence-corrected chi connectivity index (χ4v) is 6.56. The average molecular weight is 861 g/mol. The van der Waals surface area contributed by atoms with Crippen LogP contribution in [0.2, 0.25) is 0 Å². The highest BCUT2D eigenvalue weighted by atomic mass is 32.1. The highest BCUT2D eigenvalue weighted by molar-refractivity contribution is 7.81. The first kappa shape index (κ1) is 40.1. The normalized spacial score (nSPS) is 10.9. The van der Waals surface area contributed by atoms with Crippen molar-refractivity contribution in [3.05, 3.63) is 157 Å². The van der Waals surface area contributed by atoms with Crippen molar-refractivity contribution in [3.63, 3.8) is 0 Å². The third-order valence-electron chi connectivity index (χ3n) is 8.67. The molecule has 0 saturated carbocycles. The molecule has 8 rings (SSSR count). The van der Waals surface area contributed by atoms with E-state index in [1.807, 2.05) is 158 Å². The number of nitrogens with zero attached hydrogens (tertiary/aromatic N) is 6. The van der Waals surface area contributed by atoms with Gasteiger partial charge in [0.1, 0.15) is 0 Å². The Balaban J connectivity index is 0.947. The molecule has 0 spiro atoms. The summed E-state index contributed by atoms with van der Waals surface area (Å²) in [6, 6.07) is 46.4. The first-order valence-electron chi connectivity index (χ1n) is 18.4. The Kier molecular flexibility index (Phi) is 12.6. The molecule has 0 aliphatic rings. The summed E-state index contributed by atoms with van der Waals surface area (Å²) in [4.78, 5) is 30.8. The van der Waals surface area contributed by atoms with Gasteiger partial charge in [0.2, 0.25) is 35.7 Å². The summed E-state index contributed by atoms with van der Waals surface area (Å²) in [6.45, 7) is 0. The molecule has 2 aromatic heterocycles. The van der Waals surface area contributed by atoms with Gasteiger partial charge in [-0.2, -0.15) is 29.9 Å². The molecule has 0 aliphatic heterocycles. The summed E-state index contributed by atoms with van der Waals surface area (Å²) in [6.07, 6.45) is 4.09. The molecule has 0 saturated heterocycles. The molecule has 16 heteroatoms. The van der Waals surface area contributed by atoms with Crippen LogP contribution >= 0.6 is 50.5 Å². The largest absolute Gasteiger partial charge is 0.324 e. The van der Waals surface area contributed by atoms with Gasteiger partial charge in [-0.05, 0) is 83.9 Å². The number of hydrogen-bond donors (Lipinski definition) is 10. The first-order chi connectivity index (χ1) is 29.3.